The van der Waals surface area contributed by atoms with Crippen LogP contribution >= 0.6 is 0 Å². The maximum Gasteiger partial charge on any atom is 0.255 e. The third-order valence-corrected chi connectivity index (χ3v) is 5.37. The number of hydrogen-bond acceptors (Lipinski definition) is 4. The molecule has 0 saturated heterocycles. The molecule has 0 bridgehead atoms. The average Bonchev–Trinajstić information content (AvgIpc) is 2.61. The van der Waals surface area contributed by atoms with Gasteiger partial charge in [0, 0.05) is 13.1 Å². The Balaban J connectivity index is 2.94. The molecule has 0 heterocycles. The van der Waals surface area contributed by atoms with Crippen molar-refractivity contribution in [1.82, 2.24) is 10.6 Å². The maximum atomic E-state index is 12.5. The second-order valence-electron chi connectivity index (χ2n) is 8.26. The zero-order chi connectivity index (χ0) is 20.8. The predicted octanol–water partition coefficient (Wildman–Crippen LogP) is 2.61. The molecule has 7 heteroatoms. The number of carbonyl (C=O) groups is 2. The predicted molar refractivity (Wildman–Crippen MR) is 110 cm³/mol. The highest BCUT2D eigenvalue weighted by Gasteiger charge is 2.31. The van der Waals surface area contributed by atoms with Crippen LogP contribution in [0.5, 0.6) is 11.5 Å². The van der Waals surface area contributed by atoms with Crippen LogP contribution in [-0.4, -0.2) is 43.0 Å². The van der Waals surface area contributed by atoms with Crippen LogP contribution in [0.25, 0.3) is 0 Å². The lowest BCUT2D eigenvalue weighted by Gasteiger charge is -2.37. The molecule has 0 aliphatic rings. The Morgan fingerprint density at radius 1 is 0.963 bits per heavy atom. The SMILES string of the molecule is BC(C)(CC)CC(C)(CC)CNC(=O)c1ccc(C(=O)NCC)c(O)c1O. The lowest BCUT2D eigenvalue weighted by Crippen LogP contribution is -2.37. The van der Waals surface area contributed by atoms with Gasteiger partial charge >= 0.3 is 0 Å². The van der Waals surface area contributed by atoms with E-state index in [1.807, 2.05) is 0 Å². The van der Waals surface area contributed by atoms with Crippen LogP contribution in [0.2, 0.25) is 5.31 Å². The fraction of sp³-hybridized carbons (Fsp3) is 0.600. The molecule has 0 spiro atoms. The molecule has 1 aromatic carbocycles. The van der Waals surface area contributed by atoms with E-state index in [-0.39, 0.29) is 21.9 Å². The van der Waals surface area contributed by atoms with E-state index in [2.05, 4.69) is 46.2 Å². The summed E-state index contributed by atoms with van der Waals surface area (Å²) in [5.41, 5.74) is -0.184. The minimum absolute atomic E-state index is 0.0475. The third kappa shape index (κ3) is 5.91. The fourth-order valence-corrected chi connectivity index (χ4v) is 3.18. The summed E-state index contributed by atoms with van der Waals surface area (Å²) in [6, 6.07) is 2.70. The lowest BCUT2D eigenvalue weighted by molar-refractivity contribution is 0.0916. The molecule has 0 radical (unpaired) electrons. The summed E-state index contributed by atoms with van der Waals surface area (Å²) < 4.78 is 0. The van der Waals surface area contributed by atoms with E-state index in [1.54, 1.807) is 6.92 Å². The number of rotatable bonds is 9. The Labute approximate surface area is 163 Å². The van der Waals surface area contributed by atoms with Crippen molar-refractivity contribution in [2.24, 2.45) is 5.41 Å². The summed E-state index contributed by atoms with van der Waals surface area (Å²) in [7, 11) is 2.21. The first-order chi connectivity index (χ1) is 12.5. The average molecular weight is 376 g/mol. The smallest absolute Gasteiger partial charge is 0.255 e. The van der Waals surface area contributed by atoms with E-state index in [0.29, 0.717) is 13.1 Å². The number of carbonyl (C=O) groups excluding carboxylic acids is 2. The quantitative estimate of drug-likeness (QED) is 0.393. The van der Waals surface area contributed by atoms with Crippen LogP contribution in [-0.2, 0) is 0 Å². The maximum absolute atomic E-state index is 12.5. The van der Waals surface area contributed by atoms with Gasteiger partial charge in [0.15, 0.2) is 11.5 Å². The van der Waals surface area contributed by atoms with Crippen molar-refractivity contribution in [1.29, 1.82) is 0 Å². The highest BCUT2D eigenvalue weighted by atomic mass is 16.3. The van der Waals surface area contributed by atoms with E-state index < -0.39 is 23.3 Å². The van der Waals surface area contributed by atoms with E-state index in [4.69, 9.17) is 0 Å². The van der Waals surface area contributed by atoms with Crippen molar-refractivity contribution in [2.75, 3.05) is 13.1 Å². The van der Waals surface area contributed by atoms with Gasteiger partial charge in [-0.25, -0.2) is 0 Å². The third-order valence-electron chi connectivity index (χ3n) is 5.37. The molecule has 1 aromatic rings. The van der Waals surface area contributed by atoms with Crippen LogP contribution in [0.3, 0.4) is 0 Å². The van der Waals surface area contributed by atoms with Gasteiger partial charge in [-0.2, -0.15) is 0 Å². The summed E-state index contributed by atoms with van der Waals surface area (Å²) >= 11 is 0. The second-order valence-corrected chi connectivity index (χ2v) is 8.26. The first-order valence-electron chi connectivity index (χ1n) is 9.61. The number of hydrogen-bond donors (Lipinski definition) is 4. The fourth-order valence-electron chi connectivity index (χ4n) is 3.18. The number of nitrogens with one attached hydrogen (secondary N) is 2. The van der Waals surface area contributed by atoms with Crippen LogP contribution in [0.4, 0.5) is 0 Å². The monoisotopic (exact) mass is 376 g/mol. The molecule has 27 heavy (non-hydrogen) atoms. The Bertz CT molecular complexity index is 691. The number of aromatic hydroxyl groups is 2. The minimum Gasteiger partial charge on any atom is -0.504 e. The standard InChI is InChI=1S/C20H33BN2O4/c1-6-19(4,11-20(5,21)7-2)12-23-18(27)14-10-9-13(15(24)16(14)25)17(26)22-8-3/h9-10,24-25H,6-8,11-12,21H2,1-5H3,(H,22,26)(H,23,27). The lowest BCUT2D eigenvalue weighted by atomic mass is 9.59. The second kappa shape index (κ2) is 9.15. The molecule has 0 fully saturated rings. The van der Waals surface area contributed by atoms with Gasteiger partial charge in [0.05, 0.1) is 11.1 Å². The summed E-state index contributed by atoms with van der Waals surface area (Å²) in [6.07, 6.45) is 2.91. The van der Waals surface area contributed by atoms with Crippen LogP contribution in [0, 0.1) is 5.41 Å². The van der Waals surface area contributed by atoms with E-state index >= 15 is 0 Å². The van der Waals surface area contributed by atoms with Gasteiger partial charge < -0.3 is 20.8 Å². The van der Waals surface area contributed by atoms with Gasteiger partial charge in [-0.3, -0.25) is 9.59 Å². The van der Waals surface area contributed by atoms with Crippen molar-refractivity contribution in [3.63, 3.8) is 0 Å². The van der Waals surface area contributed by atoms with Crippen molar-refractivity contribution >= 4 is 19.7 Å². The number of amides is 2. The van der Waals surface area contributed by atoms with Crippen molar-refractivity contribution < 1.29 is 19.8 Å². The molecule has 4 N–H and O–H groups in total. The highest BCUT2D eigenvalue weighted by molar-refractivity contribution is 6.14. The Morgan fingerprint density at radius 2 is 1.44 bits per heavy atom. The van der Waals surface area contributed by atoms with Crippen molar-refractivity contribution in [2.45, 2.75) is 59.2 Å². The minimum atomic E-state index is -0.584. The first kappa shape index (κ1) is 22.9. The molecule has 2 amide bonds. The molecule has 2 unspecified atom stereocenters. The summed E-state index contributed by atoms with van der Waals surface area (Å²) in [4.78, 5) is 24.4. The Hall–Kier alpha value is -2.18. The molecule has 150 valence electrons. The van der Waals surface area contributed by atoms with E-state index in [9.17, 15) is 19.8 Å². The number of benzene rings is 1. The number of phenols is 2. The van der Waals surface area contributed by atoms with Crippen molar-refractivity contribution in [3.8, 4) is 11.5 Å². The van der Waals surface area contributed by atoms with Crippen LogP contribution in [0.15, 0.2) is 12.1 Å². The topological polar surface area (TPSA) is 98.7 Å². The molecule has 6 nitrogen and oxygen atoms in total. The van der Waals surface area contributed by atoms with Gasteiger partial charge in [-0.05, 0) is 37.3 Å². The summed E-state index contributed by atoms with van der Waals surface area (Å²) in [5, 5.41) is 25.9. The van der Waals surface area contributed by atoms with Gasteiger partial charge in [-0.15, -0.1) is 0 Å². The van der Waals surface area contributed by atoms with Crippen LogP contribution < -0.4 is 10.6 Å². The van der Waals surface area contributed by atoms with Gasteiger partial charge in [0.2, 0.25) is 0 Å². The van der Waals surface area contributed by atoms with Gasteiger partial charge in [0.1, 0.15) is 7.85 Å². The van der Waals surface area contributed by atoms with Gasteiger partial charge in [-0.1, -0.05) is 39.4 Å². The molecule has 2 atom stereocenters. The molecular weight excluding hydrogens is 343 g/mol. The summed E-state index contributed by atoms with van der Waals surface area (Å²) in [6.45, 7) is 11.2. The normalized spacial score (nSPS) is 15.4. The Kier molecular flexibility index (Phi) is 7.75. The molecule has 0 aromatic heterocycles. The molecule has 0 saturated carbocycles. The number of phenolic OH excluding ortho intramolecular Hbond substituents is 2. The zero-order valence-electron chi connectivity index (χ0n) is 17.4. The molecular formula is C20H33BN2O4. The van der Waals surface area contributed by atoms with E-state index in [0.717, 1.165) is 19.3 Å². The molecule has 1 rings (SSSR count). The van der Waals surface area contributed by atoms with Crippen molar-refractivity contribution in [3.05, 3.63) is 23.3 Å². The molecule has 0 aliphatic carbocycles. The van der Waals surface area contributed by atoms with E-state index in [1.165, 1.54) is 12.1 Å². The Morgan fingerprint density at radius 3 is 1.85 bits per heavy atom. The van der Waals surface area contributed by atoms with Gasteiger partial charge in [0.25, 0.3) is 11.8 Å². The highest BCUT2D eigenvalue weighted by Crippen LogP contribution is 2.41. The molecule has 0 aliphatic heterocycles. The first-order valence-corrected chi connectivity index (χ1v) is 9.61. The van der Waals surface area contributed by atoms with Crippen LogP contribution in [0.1, 0.15) is 74.6 Å². The zero-order valence-corrected chi connectivity index (χ0v) is 17.4. The summed E-state index contributed by atoms with van der Waals surface area (Å²) in [5.74, 6) is -2.14. The largest absolute Gasteiger partial charge is 0.504 e.